The highest BCUT2D eigenvalue weighted by molar-refractivity contribution is 6.49. The summed E-state index contributed by atoms with van der Waals surface area (Å²) in [6, 6.07) is 6.15. The number of carbonyl (C=O) groups is 1. The van der Waals surface area contributed by atoms with Crippen LogP contribution < -0.4 is 10.2 Å². The molecule has 0 saturated heterocycles. The van der Waals surface area contributed by atoms with Gasteiger partial charge in [-0.25, -0.2) is 28.6 Å². The zero-order chi connectivity index (χ0) is 26.3. The highest BCUT2D eigenvalue weighted by atomic mass is 35.5. The van der Waals surface area contributed by atoms with Gasteiger partial charge < -0.3 is 14.2 Å². The molecule has 5 rings (SSSR count). The van der Waals surface area contributed by atoms with Gasteiger partial charge in [0.15, 0.2) is 23.3 Å². The van der Waals surface area contributed by atoms with E-state index in [-0.39, 0.29) is 24.4 Å². The number of rotatable bonds is 4. The van der Waals surface area contributed by atoms with Gasteiger partial charge in [0, 0.05) is 17.3 Å². The Morgan fingerprint density at radius 1 is 1.19 bits per heavy atom. The van der Waals surface area contributed by atoms with E-state index in [0.717, 1.165) is 23.5 Å². The van der Waals surface area contributed by atoms with Crippen molar-refractivity contribution in [3.63, 3.8) is 0 Å². The average molecular weight is 529 g/mol. The number of hydrazone groups is 1. The van der Waals surface area contributed by atoms with Crippen LogP contribution in [0.2, 0.25) is 0 Å². The van der Waals surface area contributed by atoms with E-state index in [1.165, 1.54) is 7.11 Å². The van der Waals surface area contributed by atoms with Crippen LogP contribution in [0, 0.1) is 24.4 Å². The predicted octanol–water partition coefficient (Wildman–Crippen LogP) is 4.69. The summed E-state index contributed by atoms with van der Waals surface area (Å²) in [4.78, 5) is 22.9. The van der Waals surface area contributed by atoms with Crippen LogP contribution in [0.3, 0.4) is 0 Å². The third-order valence-corrected chi connectivity index (χ3v) is 6.18. The molecular weight excluding hydrogens is 509 g/mol. The molecule has 1 atom stereocenters. The number of aliphatic imine (C=N–C) groups is 1. The first-order valence-electron chi connectivity index (χ1n) is 11.1. The lowest BCUT2D eigenvalue weighted by Crippen LogP contribution is -2.42. The molecule has 1 N–H and O–H groups in total. The van der Waals surface area contributed by atoms with Crippen LogP contribution in [0.5, 0.6) is 5.75 Å². The lowest BCUT2D eigenvalue weighted by atomic mass is 9.99. The Hall–Kier alpha value is -4.12. The van der Waals surface area contributed by atoms with Gasteiger partial charge in [0.2, 0.25) is 5.91 Å². The number of aromatic nitrogens is 2. The largest absolute Gasteiger partial charge is 0.494 e. The number of amidine groups is 1. The summed E-state index contributed by atoms with van der Waals surface area (Å²) in [5, 5.41) is 4.55. The molecule has 8 nitrogen and oxygen atoms in total. The molecule has 2 aliphatic heterocycles. The molecule has 1 aromatic heterocycles. The Morgan fingerprint density at radius 3 is 2.62 bits per heavy atom. The number of fused-ring (bicyclic) bond motifs is 1. The molecule has 0 saturated carbocycles. The second kappa shape index (κ2) is 9.74. The third-order valence-electron chi connectivity index (χ3n) is 5.95. The Bertz CT molecular complexity index is 1480. The number of methoxy groups -OCH3 is 1. The number of halogens is 4. The summed E-state index contributed by atoms with van der Waals surface area (Å²) >= 11 is 6.43. The number of aryl methyl sites for hydroxylation is 1. The summed E-state index contributed by atoms with van der Waals surface area (Å²) < 4.78 is 49.1. The van der Waals surface area contributed by atoms with Crippen LogP contribution in [0.1, 0.15) is 23.7 Å². The van der Waals surface area contributed by atoms with Gasteiger partial charge in [0.1, 0.15) is 11.5 Å². The predicted molar refractivity (Wildman–Crippen MR) is 132 cm³/mol. The van der Waals surface area contributed by atoms with Crippen LogP contribution in [0.25, 0.3) is 5.69 Å². The summed E-state index contributed by atoms with van der Waals surface area (Å²) in [6.45, 7) is 1.98. The van der Waals surface area contributed by atoms with Gasteiger partial charge in [-0.2, -0.15) is 5.10 Å². The zero-order valence-electron chi connectivity index (χ0n) is 19.7. The molecular formula is C25H20ClF3N6O2. The number of benzene rings is 2. The van der Waals surface area contributed by atoms with Gasteiger partial charge in [-0.1, -0.05) is 11.6 Å². The van der Waals surface area contributed by atoms with Gasteiger partial charge in [0.05, 0.1) is 49.5 Å². The fourth-order valence-corrected chi connectivity index (χ4v) is 4.49. The SMILES string of the molecule is COc1cc(N=C2C=C(Cl)CN3C2=NNC(=O)CC3c2cc(F)c(F)c(F)c2)ccc1-n1cnc(C)c1. The number of carbonyl (C=O) groups excluding carboxylic acids is 1. The van der Waals surface area contributed by atoms with Crippen molar-refractivity contribution < 1.29 is 22.7 Å². The molecule has 0 spiro atoms. The first kappa shape index (κ1) is 24.6. The Labute approximate surface area is 214 Å². The summed E-state index contributed by atoms with van der Waals surface area (Å²) in [5.74, 6) is -4.02. The van der Waals surface area contributed by atoms with Crippen molar-refractivity contribution >= 4 is 34.7 Å². The van der Waals surface area contributed by atoms with Crippen LogP contribution in [-0.2, 0) is 4.79 Å². The van der Waals surface area contributed by atoms with Crippen LogP contribution >= 0.6 is 11.6 Å². The maximum absolute atomic E-state index is 14.0. The summed E-state index contributed by atoms with van der Waals surface area (Å²) in [6.07, 6.45) is 4.93. The van der Waals surface area contributed by atoms with Crippen molar-refractivity contribution in [3.8, 4) is 11.4 Å². The molecule has 3 aromatic rings. The standard InChI is InChI=1S/C25H20ClF3N6O2/c1-13-10-34(12-30-13)20-4-3-16(8-22(20)37-2)31-19-7-15(26)11-35-21(9-23(36)32-33-25(19)35)14-5-17(27)24(29)18(28)6-14/h3-8,10,12,21H,9,11H2,1-2H3,(H,32,36). The first-order chi connectivity index (χ1) is 17.7. The second-order valence-electron chi connectivity index (χ2n) is 8.48. The van der Waals surface area contributed by atoms with E-state index in [0.29, 0.717) is 22.2 Å². The number of amides is 1. The number of nitrogens with zero attached hydrogens (tertiary/aromatic N) is 5. The number of imidazole rings is 1. The molecule has 1 amide bonds. The number of ether oxygens (including phenoxy) is 1. The highest BCUT2D eigenvalue weighted by Gasteiger charge is 2.35. The van der Waals surface area contributed by atoms with Crippen molar-refractivity contribution in [2.75, 3.05) is 13.7 Å². The molecule has 0 radical (unpaired) electrons. The van der Waals surface area contributed by atoms with E-state index in [4.69, 9.17) is 16.3 Å². The maximum Gasteiger partial charge on any atom is 0.242 e. The molecule has 0 aliphatic carbocycles. The van der Waals surface area contributed by atoms with E-state index in [1.807, 2.05) is 23.8 Å². The second-order valence-corrected chi connectivity index (χ2v) is 8.97. The number of hydrogen-bond acceptors (Lipinski definition) is 6. The zero-order valence-corrected chi connectivity index (χ0v) is 20.4. The van der Waals surface area contributed by atoms with Crippen molar-refractivity contribution in [1.29, 1.82) is 0 Å². The molecule has 2 aromatic carbocycles. The minimum absolute atomic E-state index is 0.0634. The fourth-order valence-electron chi connectivity index (χ4n) is 4.26. The lowest BCUT2D eigenvalue weighted by molar-refractivity contribution is -0.121. The quantitative estimate of drug-likeness (QED) is 0.498. The molecule has 2 aliphatic rings. The topological polar surface area (TPSA) is 84.1 Å². The van der Waals surface area contributed by atoms with Gasteiger partial charge in [-0.3, -0.25) is 4.79 Å². The van der Waals surface area contributed by atoms with E-state index in [1.54, 1.807) is 29.4 Å². The maximum atomic E-state index is 14.0. The summed E-state index contributed by atoms with van der Waals surface area (Å²) in [7, 11) is 1.54. The van der Waals surface area contributed by atoms with Crippen molar-refractivity contribution in [3.05, 3.63) is 82.7 Å². The van der Waals surface area contributed by atoms with E-state index >= 15 is 0 Å². The smallest absolute Gasteiger partial charge is 0.242 e. The molecule has 190 valence electrons. The summed E-state index contributed by atoms with van der Waals surface area (Å²) in [5.41, 5.74) is 4.90. The van der Waals surface area contributed by atoms with Crippen molar-refractivity contribution in [2.24, 2.45) is 10.1 Å². The Kier molecular flexibility index (Phi) is 6.46. The van der Waals surface area contributed by atoms with E-state index < -0.39 is 29.4 Å². The van der Waals surface area contributed by atoms with Gasteiger partial charge in [-0.15, -0.1) is 0 Å². The molecule has 1 unspecified atom stereocenters. The normalized spacial score (nSPS) is 18.6. The highest BCUT2D eigenvalue weighted by Crippen LogP contribution is 2.34. The van der Waals surface area contributed by atoms with Gasteiger partial charge in [-0.05, 0) is 42.8 Å². The Morgan fingerprint density at radius 2 is 1.95 bits per heavy atom. The average Bonchev–Trinajstić information content (AvgIpc) is 3.22. The number of nitrogens with one attached hydrogen (secondary N) is 1. The monoisotopic (exact) mass is 528 g/mol. The van der Waals surface area contributed by atoms with Gasteiger partial charge in [0.25, 0.3) is 0 Å². The van der Waals surface area contributed by atoms with E-state index in [9.17, 15) is 18.0 Å². The molecule has 0 bridgehead atoms. The van der Waals surface area contributed by atoms with Crippen LogP contribution in [0.15, 0.2) is 64.1 Å². The van der Waals surface area contributed by atoms with Gasteiger partial charge >= 0.3 is 0 Å². The fraction of sp³-hybridized carbons (Fsp3) is 0.200. The number of hydrogen-bond donors (Lipinski definition) is 1. The van der Waals surface area contributed by atoms with Crippen molar-refractivity contribution in [2.45, 2.75) is 19.4 Å². The lowest BCUT2D eigenvalue weighted by Gasteiger charge is -2.34. The molecule has 3 heterocycles. The minimum Gasteiger partial charge on any atom is -0.494 e. The van der Waals surface area contributed by atoms with Crippen molar-refractivity contribution in [1.82, 2.24) is 19.9 Å². The van der Waals surface area contributed by atoms with E-state index in [2.05, 4.69) is 20.5 Å². The minimum atomic E-state index is -1.59. The first-order valence-corrected chi connectivity index (χ1v) is 11.5. The molecule has 12 heteroatoms. The van der Waals surface area contributed by atoms with Crippen LogP contribution in [0.4, 0.5) is 18.9 Å². The van der Waals surface area contributed by atoms with Crippen LogP contribution in [-0.4, -0.2) is 45.6 Å². The third kappa shape index (κ3) is 4.82. The molecule has 37 heavy (non-hydrogen) atoms. The Balaban J connectivity index is 1.56. The molecule has 0 fully saturated rings.